The first-order valence-electron chi connectivity index (χ1n) is 11.1. The van der Waals surface area contributed by atoms with E-state index in [1.54, 1.807) is 24.3 Å². The number of aryl methyl sites for hydroxylation is 1. The van der Waals surface area contributed by atoms with Crippen molar-refractivity contribution in [1.82, 2.24) is 24.8 Å². The van der Waals surface area contributed by atoms with Gasteiger partial charge in [-0.25, -0.2) is 13.4 Å². The molecule has 1 aliphatic rings. The number of nitrogens with zero attached hydrogens (tertiary/aromatic N) is 3. The molecule has 180 valence electrons. The van der Waals surface area contributed by atoms with Crippen molar-refractivity contribution in [2.75, 3.05) is 38.6 Å². The Morgan fingerprint density at radius 2 is 1.82 bits per heavy atom. The van der Waals surface area contributed by atoms with Gasteiger partial charge in [-0.1, -0.05) is 54.2 Å². The zero-order chi connectivity index (χ0) is 23.8. The van der Waals surface area contributed by atoms with Gasteiger partial charge in [0.1, 0.15) is 0 Å². The average molecular weight is 502 g/mol. The summed E-state index contributed by atoms with van der Waals surface area (Å²) in [5, 5.41) is 10.7. The lowest BCUT2D eigenvalue weighted by atomic mass is 10.1. The summed E-state index contributed by atoms with van der Waals surface area (Å²) in [6, 6.07) is 16.5. The highest BCUT2D eigenvalue weighted by molar-refractivity contribution is 7.99. The number of rotatable bonds is 10. The summed E-state index contributed by atoms with van der Waals surface area (Å²) in [6.07, 6.45) is 0.872. The number of sulfonamides is 1. The second kappa shape index (κ2) is 11.6. The van der Waals surface area contributed by atoms with E-state index in [0.717, 1.165) is 17.0 Å². The number of ether oxygens (including phenoxy) is 1. The minimum Gasteiger partial charge on any atom is -0.379 e. The van der Waals surface area contributed by atoms with Gasteiger partial charge in [0.2, 0.25) is 21.1 Å². The molecule has 2 N–H and O–H groups in total. The van der Waals surface area contributed by atoms with Crippen molar-refractivity contribution in [2.45, 2.75) is 22.9 Å². The van der Waals surface area contributed by atoms with Crippen molar-refractivity contribution in [3.05, 3.63) is 60.2 Å². The number of amides is 1. The Balaban J connectivity index is 1.17. The number of carbonyl (C=O) groups is 1. The quantitative estimate of drug-likeness (QED) is 0.323. The SMILES string of the molecule is O=C(CCc1ccc(S(=O)(=O)N2CCOCC2)cc1)NCCSc1n[nH]c(-c2ccccc2)n1. The van der Waals surface area contributed by atoms with Crippen LogP contribution in [0.25, 0.3) is 11.4 Å². The molecule has 34 heavy (non-hydrogen) atoms. The monoisotopic (exact) mass is 501 g/mol. The van der Waals surface area contributed by atoms with Crippen LogP contribution in [-0.4, -0.2) is 72.4 Å². The van der Waals surface area contributed by atoms with E-state index in [1.165, 1.54) is 16.1 Å². The van der Waals surface area contributed by atoms with E-state index in [0.29, 0.717) is 56.6 Å². The molecule has 1 amide bonds. The van der Waals surface area contributed by atoms with E-state index in [-0.39, 0.29) is 10.8 Å². The normalized spacial score (nSPS) is 14.7. The molecule has 0 atom stereocenters. The lowest BCUT2D eigenvalue weighted by Gasteiger charge is -2.26. The highest BCUT2D eigenvalue weighted by Gasteiger charge is 2.26. The summed E-state index contributed by atoms with van der Waals surface area (Å²) in [4.78, 5) is 16.9. The first kappa shape index (κ1) is 24.4. The third-order valence-corrected chi connectivity index (χ3v) is 8.10. The van der Waals surface area contributed by atoms with Crippen LogP contribution in [0.1, 0.15) is 12.0 Å². The Kier molecular flexibility index (Phi) is 8.33. The van der Waals surface area contributed by atoms with Crippen molar-refractivity contribution in [2.24, 2.45) is 0 Å². The number of aromatic nitrogens is 3. The summed E-state index contributed by atoms with van der Waals surface area (Å²) in [6.45, 7) is 2.07. The van der Waals surface area contributed by atoms with E-state index in [9.17, 15) is 13.2 Å². The summed E-state index contributed by atoms with van der Waals surface area (Å²) < 4.78 is 32.0. The zero-order valence-corrected chi connectivity index (χ0v) is 20.3. The predicted octanol–water partition coefficient (Wildman–Crippen LogP) is 2.33. The van der Waals surface area contributed by atoms with Crippen molar-refractivity contribution >= 4 is 27.7 Å². The molecule has 2 aromatic carbocycles. The molecule has 0 saturated carbocycles. The van der Waals surface area contributed by atoms with Gasteiger partial charge >= 0.3 is 0 Å². The lowest BCUT2D eigenvalue weighted by molar-refractivity contribution is -0.120. The molecule has 0 radical (unpaired) electrons. The van der Waals surface area contributed by atoms with Crippen LogP contribution in [0, 0.1) is 0 Å². The second-order valence-corrected chi connectivity index (χ2v) is 10.7. The minimum absolute atomic E-state index is 0.0504. The number of nitrogens with one attached hydrogen (secondary N) is 2. The fourth-order valence-electron chi connectivity index (χ4n) is 3.48. The average Bonchev–Trinajstić information content (AvgIpc) is 3.36. The number of morpholine rings is 1. The van der Waals surface area contributed by atoms with Crippen LogP contribution in [0.15, 0.2) is 64.6 Å². The molecule has 1 saturated heterocycles. The van der Waals surface area contributed by atoms with E-state index in [4.69, 9.17) is 4.74 Å². The van der Waals surface area contributed by atoms with Crippen LogP contribution in [-0.2, 0) is 26.0 Å². The lowest BCUT2D eigenvalue weighted by Crippen LogP contribution is -2.40. The largest absolute Gasteiger partial charge is 0.379 e. The Labute approximate surface area is 203 Å². The van der Waals surface area contributed by atoms with E-state index in [2.05, 4.69) is 20.5 Å². The number of hydrogen-bond donors (Lipinski definition) is 2. The fourth-order valence-corrected chi connectivity index (χ4v) is 5.54. The van der Waals surface area contributed by atoms with Crippen molar-refractivity contribution in [3.8, 4) is 11.4 Å². The highest BCUT2D eigenvalue weighted by Crippen LogP contribution is 2.19. The van der Waals surface area contributed by atoms with E-state index in [1.807, 2.05) is 30.3 Å². The summed E-state index contributed by atoms with van der Waals surface area (Å²) in [7, 11) is -3.50. The molecule has 0 aliphatic carbocycles. The molecule has 9 nitrogen and oxygen atoms in total. The number of hydrogen-bond acceptors (Lipinski definition) is 7. The van der Waals surface area contributed by atoms with Gasteiger partial charge in [0.25, 0.3) is 0 Å². The van der Waals surface area contributed by atoms with Crippen LogP contribution in [0.4, 0.5) is 0 Å². The third-order valence-electron chi connectivity index (χ3n) is 5.34. The maximum atomic E-state index is 12.7. The van der Waals surface area contributed by atoms with Crippen LogP contribution in [0.5, 0.6) is 0 Å². The van der Waals surface area contributed by atoms with Gasteiger partial charge in [-0.2, -0.15) is 4.31 Å². The predicted molar refractivity (Wildman–Crippen MR) is 130 cm³/mol. The van der Waals surface area contributed by atoms with Crippen molar-refractivity contribution in [1.29, 1.82) is 0 Å². The zero-order valence-electron chi connectivity index (χ0n) is 18.6. The molecule has 0 bridgehead atoms. The molecule has 2 heterocycles. The van der Waals surface area contributed by atoms with Gasteiger partial charge in [0, 0.05) is 37.4 Å². The van der Waals surface area contributed by atoms with Gasteiger partial charge in [-0.05, 0) is 24.1 Å². The molecule has 3 aromatic rings. The number of H-pyrrole nitrogens is 1. The molecule has 0 unspecified atom stereocenters. The van der Waals surface area contributed by atoms with Gasteiger partial charge in [-0.15, -0.1) is 5.10 Å². The summed E-state index contributed by atoms with van der Waals surface area (Å²) in [5.41, 5.74) is 1.89. The number of aromatic amines is 1. The van der Waals surface area contributed by atoms with Crippen LogP contribution < -0.4 is 5.32 Å². The van der Waals surface area contributed by atoms with Gasteiger partial charge in [0.15, 0.2) is 5.82 Å². The molecule has 1 fully saturated rings. The first-order chi connectivity index (χ1) is 16.5. The number of thioether (sulfide) groups is 1. The molecule has 1 aliphatic heterocycles. The van der Waals surface area contributed by atoms with Crippen LogP contribution in [0.2, 0.25) is 0 Å². The number of benzene rings is 2. The summed E-state index contributed by atoms with van der Waals surface area (Å²) >= 11 is 1.47. The van der Waals surface area contributed by atoms with Crippen LogP contribution >= 0.6 is 11.8 Å². The van der Waals surface area contributed by atoms with Gasteiger partial charge in [0.05, 0.1) is 18.1 Å². The third kappa shape index (κ3) is 6.44. The van der Waals surface area contributed by atoms with Gasteiger partial charge < -0.3 is 10.1 Å². The highest BCUT2D eigenvalue weighted by atomic mass is 32.2. The fraction of sp³-hybridized carbons (Fsp3) is 0.348. The Bertz CT molecular complexity index is 1180. The Morgan fingerprint density at radius 1 is 1.09 bits per heavy atom. The topological polar surface area (TPSA) is 117 Å². The Hall–Kier alpha value is -2.73. The molecular weight excluding hydrogens is 474 g/mol. The molecule has 4 rings (SSSR count). The number of carbonyl (C=O) groups excluding carboxylic acids is 1. The summed E-state index contributed by atoms with van der Waals surface area (Å²) in [5.74, 6) is 1.33. The molecular formula is C23H27N5O4S2. The van der Waals surface area contributed by atoms with Crippen molar-refractivity contribution in [3.63, 3.8) is 0 Å². The maximum Gasteiger partial charge on any atom is 0.243 e. The standard InChI is InChI=1S/C23H27N5O4S2/c29-21(24-12-17-33-23-25-22(26-27-23)19-4-2-1-3-5-19)11-8-18-6-9-20(10-7-18)34(30,31)28-13-15-32-16-14-28/h1-7,9-10H,8,11-17H2,(H,24,29)(H,25,26,27). The first-order valence-corrected chi connectivity index (χ1v) is 13.5. The van der Waals surface area contributed by atoms with E-state index >= 15 is 0 Å². The smallest absolute Gasteiger partial charge is 0.243 e. The molecule has 1 aromatic heterocycles. The maximum absolute atomic E-state index is 12.7. The Morgan fingerprint density at radius 3 is 2.56 bits per heavy atom. The molecule has 11 heteroatoms. The van der Waals surface area contributed by atoms with Gasteiger partial charge in [-0.3, -0.25) is 9.89 Å². The van der Waals surface area contributed by atoms with Crippen molar-refractivity contribution < 1.29 is 17.9 Å². The van der Waals surface area contributed by atoms with E-state index < -0.39 is 10.0 Å². The molecule has 0 spiro atoms. The van der Waals surface area contributed by atoms with Crippen LogP contribution in [0.3, 0.4) is 0 Å². The second-order valence-electron chi connectivity index (χ2n) is 7.69. The minimum atomic E-state index is -3.50.